The van der Waals surface area contributed by atoms with Crippen molar-refractivity contribution in [3.8, 4) is 24.0 Å². The van der Waals surface area contributed by atoms with Crippen molar-refractivity contribution in [3.05, 3.63) is 58.9 Å². The summed E-state index contributed by atoms with van der Waals surface area (Å²) in [5.41, 5.74) is 4.38. The third-order valence-corrected chi connectivity index (χ3v) is 12.5. The van der Waals surface area contributed by atoms with E-state index in [-0.39, 0.29) is 47.5 Å². The van der Waals surface area contributed by atoms with Crippen molar-refractivity contribution >= 4 is 45.4 Å². The molecule has 2 aliphatic rings. The van der Waals surface area contributed by atoms with Crippen molar-refractivity contribution in [3.63, 3.8) is 0 Å². The summed E-state index contributed by atoms with van der Waals surface area (Å²) in [6.07, 6.45) is 9.80. The molecule has 4 aromatic rings. The van der Waals surface area contributed by atoms with Gasteiger partial charge in [0, 0.05) is 39.7 Å². The molecule has 0 bridgehead atoms. The summed E-state index contributed by atoms with van der Waals surface area (Å²) in [4.78, 5) is 56.3. The van der Waals surface area contributed by atoms with Crippen LogP contribution in [0.1, 0.15) is 130 Å². The van der Waals surface area contributed by atoms with Gasteiger partial charge in [0.25, 0.3) is 11.8 Å². The van der Waals surface area contributed by atoms with Crippen LogP contribution in [0.4, 0.5) is 0 Å². The molecule has 4 amide bonds. The van der Waals surface area contributed by atoms with Gasteiger partial charge >= 0.3 is 0 Å². The molecular weight excluding hydrogens is 857 g/mol. The Morgan fingerprint density at radius 2 is 1.18 bits per heavy atom. The number of hydrogen-bond acceptors (Lipinski definition) is 10. The van der Waals surface area contributed by atoms with Crippen molar-refractivity contribution in [1.29, 1.82) is 10.5 Å². The highest BCUT2D eigenvalue weighted by Gasteiger charge is 2.35. The van der Waals surface area contributed by atoms with Gasteiger partial charge in [0.2, 0.25) is 11.8 Å². The number of aromatic amines is 2. The minimum atomic E-state index is -0.513. The minimum Gasteiger partial charge on any atom is -0.349 e. The number of H-pyrrole nitrogens is 2. The van der Waals surface area contributed by atoms with Crippen molar-refractivity contribution in [1.82, 2.24) is 51.5 Å². The topological polar surface area (TPSA) is 228 Å². The van der Waals surface area contributed by atoms with Crippen LogP contribution in [0.3, 0.4) is 0 Å². The van der Waals surface area contributed by atoms with Crippen LogP contribution in [0.2, 0.25) is 0 Å². The summed E-state index contributed by atoms with van der Waals surface area (Å²) in [5.74, 6) is 5.45. The number of rotatable bonds is 17. The fraction of sp³-hybridized carbons (Fsp3) is 0.577. The Bertz CT molecular complexity index is 2480. The lowest BCUT2D eigenvalue weighted by atomic mass is 9.83. The molecule has 6 N–H and O–H groups in total. The van der Waals surface area contributed by atoms with E-state index in [1.807, 2.05) is 58.8 Å². The minimum absolute atomic E-state index is 0.134. The fourth-order valence-electron chi connectivity index (χ4n) is 9.03. The molecule has 0 unspecified atom stereocenters. The maximum absolute atomic E-state index is 13.2. The Hall–Kier alpha value is -6.28. The quantitative estimate of drug-likeness (QED) is 0.0656. The van der Waals surface area contributed by atoms with E-state index in [2.05, 4.69) is 84.6 Å². The first kappa shape index (κ1) is 52.7. The molecule has 16 heteroatoms. The molecule has 0 radical (unpaired) electrons. The fourth-order valence-corrected chi connectivity index (χ4v) is 9.03. The summed E-state index contributed by atoms with van der Waals surface area (Å²) in [7, 11) is 8.01. The molecule has 2 fully saturated rings. The number of nitrogens with one attached hydrogen (secondary N) is 6. The summed E-state index contributed by atoms with van der Waals surface area (Å²) >= 11 is 0. The predicted octanol–water partition coefficient (Wildman–Crippen LogP) is 6.22. The standard InChI is InChI=1S/C26H38N6O2.C26H34N6O2/c2*1-17(2)14-19(16-27)28-26(34)20-8-5-6-9-22(20)29-25(33)18-11-12-24-21(15-18)23(30-31-24)10-7-13-32(3)4/h11-12,15,17,19-20,22H,5-10,13-14H2,1-4H3,(H,28,34)(H,29,33)(H,30,31);11-12,15,17,19-20,22H,5-6,8-9,13-14H2,1-4H3,(H,28,34)(H,29,33)(H,30,31)/t2*19-,20+,22-/m00/s1. The molecule has 68 heavy (non-hydrogen) atoms. The van der Waals surface area contributed by atoms with Crippen LogP contribution in [-0.2, 0) is 16.0 Å². The smallest absolute Gasteiger partial charge is 0.251 e. The second kappa shape index (κ2) is 25.7. The number of nitrogens with zero attached hydrogens (tertiary/aromatic N) is 6. The number of fused-ring (bicyclic) bond motifs is 2. The van der Waals surface area contributed by atoms with E-state index in [0.29, 0.717) is 60.9 Å². The van der Waals surface area contributed by atoms with Crippen LogP contribution < -0.4 is 21.3 Å². The van der Waals surface area contributed by atoms with Gasteiger partial charge in [-0.25, -0.2) is 0 Å². The first-order chi connectivity index (χ1) is 32.6. The lowest BCUT2D eigenvalue weighted by Crippen LogP contribution is -2.50. The molecule has 2 heterocycles. The Balaban J connectivity index is 0.000000254. The Morgan fingerprint density at radius 3 is 1.66 bits per heavy atom. The number of aromatic nitrogens is 4. The number of amides is 4. The van der Waals surface area contributed by atoms with Gasteiger partial charge in [0.05, 0.1) is 41.6 Å². The lowest BCUT2D eigenvalue weighted by Gasteiger charge is -2.32. The second-order valence-corrected chi connectivity index (χ2v) is 19.8. The van der Waals surface area contributed by atoms with E-state index in [1.165, 1.54) is 0 Å². The normalized spacial score (nSPS) is 19.0. The number of benzene rings is 2. The average molecular weight is 929 g/mol. The van der Waals surface area contributed by atoms with E-state index in [1.54, 1.807) is 24.3 Å². The first-order valence-electron chi connectivity index (χ1n) is 24.3. The molecule has 16 nitrogen and oxygen atoms in total. The van der Waals surface area contributed by atoms with Gasteiger partial charge in [-0.1, -0.05) is 59.3 Å². The summed E-state index contributed by atoms with van der Waals surface area (Å²) in [6, 6.07) is 13.7. The van der Waals surface area contributed by atoms with Crippen molar-refractivity contribution in [2.75, 3.05) is 41.3 Å². The van der Waals surface area contributed by atoms with E-state index in [9.17, 15) is 29.7 Å². The highest BCUT2D eigenvalue weighted by Crippen LogP contribution is 2.28. The molecule has 0 saturated heterocycles. The summed E-state index contributed by atoms with van der Waals surface area (Å²) in [5, 5.41) is 47.2. The number of nitriles is 2. The second-order valence-electron chi connectivity index (χ2n) is 19.8. The molecule has 2 aliphatic carbocycles. The van der Waals surface area contributed by atoms with E-state index < -0.39 is 12.1 Å². The van der Waals surface area contributed by atoms with E-state index in [0.717, 1.165) is 85.4 Å². The van der Waals surface area contributed by atoms with Crippen LogP contribution >= 0.6 is 0 Å². The van der Waals surface area contributed by atoms with Crippen LogP contribution in [-0.4, -0.2) is 119 Å². The monoisotopic (exact) mass is 929 g/mol. The first-order valence-corrected chi connectivity index (χ1v) is 24.3. The molecule has 6 rings (SSSR count). The van der Waals surface area contributed by atoms with Crippen molar-refractivity contribution in [2.45, 2.75) is 129 Å². The van der Waals surface area contributed by atoms with Gasteiger partial charge in [-0.15, -0.1) is 0 Å². The van der Waals surface area contributed by atoms with Gasteiger partial charge < -0.3 is 26.2 Å². The highest BCUT2D eigenvalue weighted by atomic mass is 16.2. The number of hydrogen-bond donors (Lipinski definition) is 6. The summed E-state index contributed by atoms with van der Waals surface area (Å²) < 4.78 is 0. The van der Waals surface area contributed by atoms with Crippen molar-refractivity contribution in [2.24, 2.45) is 23.7 Å². The molecule has 6 atom stereocenters. The molecule has 2 saturated carbocycles. The van der Waals surface area contributed by atoms with Gasteiger partial charge in [-0.05, 0) is 140 Å². The molecular formula is C52H72N12O4. The predicted molar refractivity (Wildman–Crippen MR) is 265 cm³/mol. The molecule has 0 aliphatic heterocycles. The largest absolute Gasteiger partial charge is 0.349 e. The number of carbonyl (C=O) groups excluding carboxylic acids is 4. The third-order valence-electron chi connectivity index (χ3n) is 12.5. The van der Waals surface area contributed by atoms with Crippen LogP contribution in [0.5, 0.6) is 0 Å². The Kier molecular flexibility index (Phi) is 19.9. The summed E-state index contributed by atoms with van der Waals surface area (Å²) in [6.45, 7) is 9.72. The van der Waals surface area contributed by atoms with Crippen LogP contribution in [0.15, 0.2) is 36.4 Å². The Labute approximate surface area is 402 Å². The van der Waals surface area contributed by atoms with Gasteiger partial charge in [-0.3, -0.25) is 34.3 Å². The third kappa shape index (κ3) is 15.4. The average Bonchev–Trinajstić information content (AvgIpc) is 3.91. The lowest BCUT2D eigenvalue weighted by molar-refractivity contribution is -0.128. The van der Waals surface area contributed by atoms with E-state index >= 15 is 0 Å². The van der Waals surface area contributed by atoms with E-state index in [4.69, 9.17) is 0 Å². The van der Waals surface area contributed by atoms with Crippen LogP contribution in [0.25, 0.3) is 21.8 Å². The molecule has 2 aromatic heterocycles. The van der Waals surface area contributed by atoms with Gasteiger partial charge in [-0.2, -0.15) is 20.7 Å². The SMILES string of the molecule is CC(C)C[C@@H](C#N)NC(=O)[C@@H]1CCCC[C@@H]1NC(=O)c1ccc2n[nH]c(C#CCN(C)C)c2c1.CC(C)C[C@@H](C#N)NC(=O)[C@@H]1CCCC[C@@H]1NC(=O)c1ccc2n[nH]c(CCCN(C)C)c2c1. The van der Waals surface area contributed by atoms with Gasteiger partial charge in [0.15, 0.2) is 0 Å². The molecule has 2 aromatic carbocycles. The maximum atomic E-state index is 13.2. The molecule has 0 spiro atoms. The molecule has 364 valence electrons. The zero-order valence-corrected chi connectivity index (χ0v) is 41.3. The Morgan fingerprint density at radius 1 is 0.691 bits per heavy atom. The highest BCUT2D eigenvalue weighted by molar-refractivity contribution is 6.00. The zero-order valence-electron chi connectivity index (χ0n) is 41.3. The number of aryl methyl sites for hydroxylation is 1. The van der Waals surface area contributed by atoms with Gasteiger partial charge in [0.1, 0.15) is 17.8 Å². The van der Waals surface area contributed by atoms with Crippen LogP contribution in [0, 0.1) is 58.2 Å². The number of carbonyl (C=O) groups is 4. The zero-order chi connectivity index (χ0) is 49.3. The van der Waals surface area contributed by atoms with Crippen molar-refractivity contribution < 1.29 is 19.2 Å². The maximum Gasteiger partial charge on any atom is 0.251 e.